The van der Waals surface area contributed by atoms with Crippen LogP contribution in [0.3, 0.4) is 0 Å². The highest BCUT2D eigenvalue weighted by molar-refractivity contribution is 7.21. The number of nitro benzene ring substituents is 1. The number of carbonyl (C=O) groups excluding carboxylic acids is 2. The fraction of sp³-hybridized carbons (Fsp3) is 0.409. The van der Waals surface area contributed by atoms with Gasteiger partial charge in [-0.1, -0.05) is 23.8 Å². The number of allylic oxidation sites excluding steroid dienone is 2. The Morgan fingerprint density at radius 3 is 2.33 bits per heavy atom. The molecule has 2 bridgehead atoms. The Balaban J connectivity index is 1.28. The quantitative estimate of drug-likeness (QED) is 0.399. The van der Waals surface area contributed by atoms with Gasteiger partial charge < -0.3 is 14.9 Å². The van der Waals surface area contributed by atoms with E-state index in [0.29, 0.717) is 47.6 Å². The third-order valence-corrected chi connectivity index (χ3v) is 8.57. The van der Waals surface area contributed by atoms with Gasteiger partial charge in [0.2, 0.25) is 5.91 Å². The third kappa shape index (κ3) is 3.57. The lowest BCUT2D eigenvalue weighted by atomic mass is 9.82. The summed E-state index contributed by atoms with van der Waals surface area (Å²) in [4.78, 5) is 52.2. The van der Waals surface area contributed by atoms with E-state index in [-0.39, 0.29) is 34.4 Å². The highest BCUT2D eigenvalue weighted by Gasteiger charge is 2.52. The third-order valence-electron chi connectivity index (χ3n) is 6.93. The molecule has 2 amide bonds. The van der Waals surface area contributed by atoms with Crippen molar-refractivity contribution in [2.45, 2.75) is 6.42 Å². The molecule has 2 aromatic rings. The first-order chi connectivity index (χ1) is 15.8. The molecule has 3 aliphatic rings. The smallest absolute Gasteiger partial charge is 0.307 e. The topological polar surface area (TPSA) is 121 Å². The summed E-state index contributed by atoms with van der Waals surface area (Å²) in [6.07, 6.45) is 4.57. The predicted octanol–water partition coefficient (Wildman–Crippen LogP) is 3.27. The number of nitrogens with zero attached hydrogens (tertiary/aromatic N) is 3. The number of carboxylic acid groups (broad SMARTS) is 1. The van der Waals surface area contributed by atoms with Crippen LogP contribution in [0.5, 0.6) is 0 Å². The maximum absolute atomic E-state index is 13.2. The van der Waals surface area contributed by atoms with Gasteiger partial charge in [0, 0.05) is 48.4 Å². The molecule has 1 aliphatic heterocycles. The van der Waals surface area contributed by atoms with Crippen molar-refractivity contribution in [3.63, 3.8) is 0 Å². The Bertz CT molecular complexity index is 1220. The zero-order valence-electron chi connectivity index (χ0n) is 17.3. The lowest BCUT2D eigenvalue weighted by molar-refractivity contribution is -0.384. The molecule has 4 atom stereocenters. The van der Waals surface area contributed by atoms with Gasteiger partial charge in [-0.3, -0.25) is 24.5 Å². The van der Waals surface area contributed by atoms with Gasteiger partial charge in [-0.2, -0.15) is 0 Å². The van der Waals surface area contributed by atoms with Gasteiger partial charge >= 0.3 is 5.97 Å². The van der Waals surface area contributed by atoms with E-state index in [1.165, 1.54) is 12.1 Å². The number of halogens is 1. The van der Waals surface area contributed by atoms with E-state index in [2.05, 4.69) is 0 Å². The number of carbonyl (C=O) groups is 3. The average Bonchev–Trinajstić information content (AvgIpc) is 3.51. The number of piperazine rings is 1. The van der Waals surface area contributed by atoms with Crippen LogP contribution in [-0.4, -0.2) is 63.8 Å². The van der Waals surface area contributed by atoms with Crippen molar-refractivity contribution < 1.29 is 24.4 Å². The number of rotatable bonds is 4. The Morgan fingerprint density at radius 2 is 1.70 bits per heavy atom. The predicted molar refractivity (Wildman–Crippen MR) is 121 cm³/mol. The maximum atomic E-state index is 13.2. The van der Waals surface area contributed by atoms with Crippen LogP contribution in [0.4, 0.5) is 5.69 Å². The van der Waals surface area contributed by atoms with E-state index < -0.39 is 22.7 Å². The lowest BCUT2D eigenvalue weighted by Gasteiger charge is -2.37. The molecule has 0 radical (unpaired) electrons. The van der Waals surface area contributed by atoms with Crippen LogP contribution in [0.1, 0.15) is 16.1 Å². The summed E-state index contributed by atoms with van der Waals surface area (Å²) >= 11 is 7.53. The number of hydrogen-bond donors (Lipinski definition) is 1. The number of benzene rings is 1. The van der Waals surface area contributed by atoms with E-state index in [1.807, 2.05) is 12.2 Å². The van der Waals surface area contributed by atoms with E-state index in [0.717, 1.165) is 11.3 Å². The van der Waals surface area contributed by atoms with Gasteiger partial charge in [0.25, 0.3) is 11.6 Å². The monoisotopic (exact) mass is 489 g/mol. The molecule has 11 heteroatoms. The zero-order chi connectivity index (χ0) is 23.4. The van der Waals surface area contributed by atoms with Crippen LogP contribution < -0.4 is 0 Å². The highest BCUT2D eigenvalue weighted by Crippen LogP contribution is 2.49. The lowest BCUT2D eigenvalue weighted by Crippen LogP contribution is -2.53. The molecule has 0 spiro atoms. The minimum Gasteiger partial charge on any atom is -0.481 e. The van der Waals surface area contributed by atoms with Crippen molar-refractivity contribution in [3.8, 4) is 0 Å². The Hall–Kier alpha value is -2.98. The number of carboxylic acids is 1. The van der Waals surface area contributed by atoms with Crippen molar-refractivity contribution in [1.82, 2.24) is 9.80 Å². The molecule has 172 valence electrons. The molecular weight excluding hydrogens is 470 g/mol. The van der Waals surface area contributed by atoms with Crippen LogP contribution >= 0.6 is 22.9 Å². The summed E-state index contributed by atoms with van der Waals surface area (Å²) in [5.74, 6) is -2.72. The van der Waals surface area contributed by atoms with Crippen LogP contribution in [0.25, 0.3) is 10.1 Å². The maximum Gasteiger partial charge on any atom is 0.307 e. The molecule has 2 heterocycles. The molecule has 1 saturated heterocycles. The van der Waals surface area contributed by atoms with E-state index >= 15 is 0 Å². The first kappa shape index (κ1) is 21.8. The van der Waals surface area contributed by atoms with E-state index in [4.69, 9.17) is 11.6 Å². The summed E-state index contributed by atoms with van der Waals surface area (Å²) in [7, 11) is 0. The van der Waals surface area contributed by atoms with Crippen molar-refractivity contribution in [2.24, 2.45) is 23.7 Å². The molecule has 0 unspecified atom stereocenters. The summed E-state index contributed by atoms with van der Waals surface area (Å²) < 4.78 is 0.565. The summed E-state index contributed by atoms with van der Waals surface area (Å²) in [6, 6.07) is 4.30. The number of amides is 2. The largest absolute Gasteiger partial charge is 0.481 e. The normalized spacial score (nSPS) is 26.2. The number of thiophene rings is 1. The molecule has 33 heavy (non-hydrogen) atoms. The van der Waals surface area contributed by atoms with Gasteiger partial charge in [0.15, 0.2) is 0 Å². The molecule has 5 rings (SSSR count). The van der Waals surface area contributed by atoms with Gasteiger partial charge in [0.1, 0.15) is 4.88 Å². The Kier molecular flexibility index (Phi) is 5.37. The summed E-state index contributed by atoms with van der Waals surface area (Å²) in [5, 5.41) is 21.5. The van der Waals surface area contributed by atoms with Crippen LogP contribution in [-0.2, 0) is 9.59 Å². The SMILES string of the molecule is O=C(O)[C@@H]1[C@@H](C(=O)N2CCN(C(=O)c3sc4cc([N+](=O)[O-])ccc4c3Cl)CC2)[C@@H]2C=C[C@H]1C2. The number of non-ortho nitro benzene ring substituents is 1. The first-order valence-corrected chi connectivity index (χ1v) is 11.8. The van der Waals surface area contributed by atoms with Gasteiger partial charge in [0.05, 0.1) is 21.8 Å². The number of fused-ring (bicyclic) bond motifs is 3. The van der Waals surface area contributed by atoms with Gasteiger partial charge in [-0.05, 0) is 24.3 Å². The Labute approximate surface area is 197 Å². The molecule has 1 N–H and O–H groups in total. The van der Waals surface area contributed by atoms with Gasteiger partial charge in [-0.15, -0.1) is 11.3 Å². The average molecular weight is 490 g/mol. The second kappa shape index (κ2) is 8.11. The second-order valence-corrected chi connectivity index (χ2v) is 10.1. The second-order valence-electron chi connectivity index (χ2n) is 8.64. The standard InChI is InChI=1S/C22H20ClN3O6S/c23-18-14-4-3-13(26(31)32)10-15(14)33-19(18)21(28)25-7-5-24(6-8-25)20(27)16-11-1-2-12(9-11)17(16)22(29)30/h1-4,10-12,16-17H,5-9H2,(H,29,30)/t11-,12+,16+,17+/m1/s1. The van der Waals surface area contributed by atoms with Crippen molar-refractivity contribution in [3.05, 3.63) is 50.4 Å². The van der Waals surface area contributed by atoms with Crippen molar-refractivity contribution in [1.29, 1.82) is 0 Å². The van der Waals surface area contributed by atoms with Gasteiger partial charge in [-0.25, -0.2) is 0 Å². The van der Waals surface area contributed by atoms with Crippen LogP contribution in [0, 0.1) is 33.8 Å². The summed E-state index contributed by atoms with van der Waals surface area (Å²) in [5.41, 5.74) is -0.0679. The minimum atomic E-state index is -0.932. The highest BCUT2D eigenvalue weighted by atomic mass is 35.5. The minimum absolute atomic E-state index is 0.0373. The fourth-order valence-corrected chi connectivity index (χ4v) is 6.80. The molecule has 1 aromatic carbocycles. The molecule has 2 aliphatic carbocycles. The molecule has 1 saturated carbocycles. The number of aliphatic carboxylic acids is 1. The van der Waals surface area contributed by atoms with Crippen molar-refractivity contribution >= 4 is 56.5 Å². The molecule has 9 nitrogen and oxygen atoms in total. The Morgan fingerprint density at radius 1 is 1.06 bits per heavy atom. The fourth-order valence-electron chi connectivity index (χ4n) is 5.28. The first-order valence-electron chi connectivity index (χ1n) is 10.6. The summed E-state index contributed by atoms with van der Waals surface area (Å²) in [6.45, 7) is 1.26. The van der Waals surface area contributed by atoms with E-state index in [1.54, 1.807) is 15.9 Å². The zero-order valence-corrected chi connectivity index (χ0v) is 18.9. The number of hydrogen-bond acceptors (Lipinski definition) is 6. The van der Waals surface area contributed by atoms with Crippen LogP contribution in [0.2, 0.25) is 5.02 Å². The van der Waals surface area contributed by atoms with Crippen LogP contribution in [0.15, 0.2) is 30.4 Å². The molecular formula is C22H20ClN3O6S. The van der Waals surface area contributed by atoms with E-state index in [9.17, 15) is 29.6 Å². The van der Waals surface area contributed by atoms with Crippen molar-refractivity contribution in [2.75, 3.05) is 26.2 Å². The molecule has 1 aromatic heterocycles. The molecule has 2 fully saturated rings. The number of nitro groups is 1.